The van der Waals surface area contributed by atoms with E-state index in [1.54, 1.807) is 6.20 Å². The minimum Gasteiger partial charge on any atom is -0.348 e. The van der Waals surface area contributed by atoms with Crippen molar-refractivity contribution in [2.75, 3.05) is 10.2 Å². The first-order valence-corrected chi connectivity index (χ1v) is 13.4. The highest BCUT2D eigenvalue weighted by molar-refractivity contribution is 6.08. The van der Waals surface area contributed by atoms with Crippen LogP contribution in [-0.4, -0.2) is 33.0 Å². The highest BCUT2D eigenvalue weighted by Gasteiger charge is 2.42. The molecule has 3 aromatic carbocycles. The standard InChI is InChI=1S/C32H37N5O/c1-22(23-11-7-6-8-12-23)34-30-33-18-17-28(35-30)37(27-20-31(2,3)36-32(4,5)21-27)29(38)26-16-15-24-13-9-10-14-25(24)19-26/h6-19,22,27,36H,20-21H2,1-5H3,(H,33,34,35)/t22-/m0/s1. The summed E-state index contributed by atoms with van der Waals surface area (Å²) in [6.45, 7) is 10.9. The lowest BCUT2D eigenvalue weighted by atomic mass is 9.79. The van der Waals surface area contributed by atoms with E-state index in [1.807, 2.05) is 65.6 Å². The third-order valence-corrected chi connectivity index (χ3v) is 7.28. The van der Waals surface area contributed by atoms with Gasteiger partial charge in [-0.25, -0.2) is 4.98 Å². The van der Waals surface area contributed by atoms with Crippen molar-refractivity contribution in [3.8, 4) is 0 Å². The van der Waals surface area contributed by atoms with Crippen LogP contribution < -0.4 is 15.5 Å². The summed E-state index contributed by atoms with van der Waals surface area (Å²) in [5.74, 6) is 1.07. The maximum atomic E-state index is 14.3. The highest BCUT2D eigenvalue weighted by atomic mass is 16.2. The van der Waals surface area contributed by atoms with E-state index in [2.05, 4.69) is 68.4 Å². The van der Waals surface area contributed by atoms with Gasteiger partial charge >= 0.3 is 0 Å². The second-order valence-electron chi connectivity index (χ2n) is 11.7. The predicted octanol–water partition coefficient (Wildman–Crippen LogP) is 6.76. The predicted molar refractivity (Wildman–Crippen MR) is 156 cm³/mol. The van der Waals surface area contributed by atoms with Crippen LogP contribution in [0.25, 0.3) is 10.8 Å². The number of rotatable bonds is 6. The molecular weight excluding hydrogens is 470 g/mol. The number of carbonyl (C=O) groups is 1. The van der Waals surface area contributed by atoms with Gasteiger partial charge in [-0.05, 0) is 82.0 Å². The molecule has 1 saturated heterocycles. The van der Waals surface area contributed by atoms with Crippen LogP contribution in [0, 0.1) is 0 Å². The van der Waals surface area contributed by atoms with Crippen LogP contribution in [0.4, 0.5) is 11.8 Å². The lowest BCUT2D eigenvalue weighted by Crippen LogP contribution is -2.63. The maximum Gasteiger partial charge on any atom is 0.259 e. The largest absolute Gasteiger partial charge is 0.348 e. The van der Waals surface area contributed by atoms with Crippen LogP contribution in [0.5, 0.6) is 0 Å². The Labute approximate surface area is 225 Å². The summed E-state index contributed by atoms with van der Waals surface area (Å²) in [6.07, 6.45) is 3.35. The minimum atomic E-state index is -0.135. The van der Waals surface area contributed by atoms with Crippen molar-refractivity contribution in [2.24, 2.45) is 0 Å². The number of anilines is 2. The Kier molecular flexibility index (Phi) is 6.93. The normalized spacial score (nSPS) is 17.6. The zero-order chi connectivity index (χ0) is 26.9. The van der Waals surface area contributed by atoms with Gasteiger partial charge < -0.3 is 10.6 Å². The van der Waals surface area contributed by atoms with E-state index in [1.165, 1.54) is 0 Å². The molecule has 0 bridgehead atoms. The summed E-state index contributed by atoms with van der Waals surface area (Å²) in [6, 6.07) is 26.1. The van der Waals surface area contributed by atoms with Crippen molar-refractivity contribution in [1.29, 1.82) is 0 Å². The monoisotopic (exact) mass is 507 g/mol. The molecule has 0 spiro atoms. The van der Waals surface area contributed by atoms with E-state index in [4.69, 9.17) is 4.98 Å². The zero-order valence-corrected chi connectivity index (χ0v) is 22.9. The molecule has 2 heterocycles. The fourth-order valence-electron chi connectivity index (χ4n) is 5.94. The van der Waals surface area contributed by atoms with Crippen molar-refractivity contribution in [1.82, 2.24) is 15.3 Å². The van der Waals surface area contributed by atoms with Crippen LogP contribution in [0.15, 0.2) is 85.1 Å². The van der Waals surface area contributed by atoms with Crippen LogP contribution >= 0.6 is 0 Å². The lowest BCUT2D eigenvalue weighted by Gasteiger charge is -2.49. The van der Waals surface area contributed by atoms with E-state index >= 15 is 0 Å². The molecular formula is C32H37N5O. The smallest absolute Gasteiger partial charge is 0.259 e. The second kappa shape index (κ2) is 10.2. The summed E-state index contributed by atoms with van der Waals surface area (Å²) in [5, 5.41) is 9.32. The van der Waals surface area contributed by atoms with Crippen LogP contribution in [-0.2, 0) is 0 Å². The van der Waals surface area contributed by atoms with Gasteiger partial charge in [0, 0.05) is 28.9 Å². The third-order valence-electron chi connectivity index (χ3n) is 7.28. The Morgan fingerprint density at radius 2 is 1.58 bits per heavy atom. The molecule has 1 fully saturated rings. The van der Waals surface area contributed by atoms with E-state index in [9.17, 15) is 4.79 Å². The van der Waals surface area contributed by atoms with Gasteiger partial charge in [0.1, 0.15) is 5.82 Å². The summed E-state index contributed by atoms with van der Waals surface area (Å²) >= 11 is 0. The number of hydrogen-bond acceptors (Lipinski definition) is 5. The molecule has 6 nitrogen and oxygen atoms in total. The molecule has 1 aliphatic rings. The molecule has 0 saturated carbocycles. The van der Waals surface area contributed by atoms with Gasteiger partial charge in [0.25, 0.3) is 5.91 Å². The van der Waals surface area contributed by atoms with Gasteiger partial charge in [0.15, 0.2) is 0 Å². The summed E-state index contributed by atoms with van der Waals surface area (Å²) in [7, 11) is 0. The first-order valence-electron chi connectivity index (χ1n) is 13.4. The van der Waals surface area contributed by atoms with Crippen molar-refractivity contribution >= 4 is 28.4 Å². The molecule has 38 heavy (non-hydrogen) atoms. The van der Waals surface area contributed by atoms with Gasteiger partial charge in [-0.1, -0.05) is 60.7 Å². The number of fused-ring (bicyclic) bond motifs is 1. The molecule has 0 aliphatic carbocycles. The number of nitrogens with one attached hydrogen (secondary N) is 2. The fourth-order valence-corrected chi connectivity index (χ4v) is 5.94. The number of carbonyl (C=O) groups excluding carboxylic acids is 1. The quantitative estimate of drug-likeness (QED) is 0.302. The topological polar surface area (TPSA) is 70.2 Å². The fraction of sp³-hybridized carbons (Fsp3) is 0.344. The Morgan fingerprint density at radius 3 is 2.29 bits per heavy atom. The van der Waals surface area contributed by atoms with Crippen LogP contribution in [0.1, 0.15) is 69.4 Å². The Balaban J connectivity index is 1.53. The summed E-state index contributed by atoms with van der Waals surface area (Å²) < 4.78 is 0. The molecule has 4 aromatic rings. The van der Waals surface area contributed by atoms with Crippen molar-refractivity contribution < 1.29 is 4.79 Å². The van der Waals surface area contributed by atoms with Crippen LogP contribution in [0.2, 0.25) is 0 Å². The van der Waals surface area contributed by atoms with E-state index in [-0.39, 0.29) is 29.1 Å². The van der Waals surface area contributed by atoms with Gasteiger partial charge in [-0.2, -0.15) is 4.98 Å². The van der Waals surface area contributed by atoms with E-state index < -0.39 is 0 Å². The third kappa shape index (κ3) is 5.70. The summed E-state index contributed by atoms with van der Waals surface area (Å²) in [5.41, 5.74) is 1.53. The number of piperidine rings is 1. The molecule has 1 aromatic heterocycles. The molecule has 6 heteroatoms. The SMILES string of the molecule is C[C@H](Nc1nccc(N(C(=O)c2ccc3ccccc3c2)C2CC(C)(C)NC(C)(C)C2)n1)c1ccccc1. The van der Waals surface area contributed by atoms with Gasteiger partial charge in [0.2, 0.25) is 5.95 Å². The Hall–Kier alpha value is -3.77. The first-order chi connectivity index (χ1) is 18.1. The average Bonchev–Trinajstić information content (AvgIpc) is 2.87. The molecule has 5 rings (SSSR count). The number of aromatic nitrogens is 2. The Bertz CT molecular complexity index is 1420. The van der Waals surface area contributed by atoms with Crippen molar-refractivity contribution in [2.45, 2.75) is 70.6 Å². The molecule has 0 unspecified atom stereocenters. The molecule has 1 atom stereocenters. The number of hydrogen-bond donors (Lipinski definition) is 2. The molecule has 2 N–H and O–H groups in total. The van der Waals surface area contributed by atoms with Crippen molar-refractivity contribution in [3.05, 3.63) is 96.2 Å². The second-order valence-corrected chi connectivity index (χ2v) is 11.7. The number of benzene rings is 3. The molecule has 1 aliphatic heterocycles. The zero-order valence-electron chi connectivity index (χ0n) is 22.9. The van der Waals surface area contributed by atoms with Crippen LogP contribution in [0.3, 0.4) is 0 Å². The minimum absolute atomic E-state index is 0.0211. The molecule has 196 valence electrons. The summed E-state index contributed by atoms with van der Waals surface area (Å²) in [4.78, 5) is 25.6. The number of nitrogens with zero attached hydrogens (tertiary/aromatic N) is 3. The van der Waals surface area contributed by atoms with E-state index in [0.717, 1.165) is 29.2 Å². The molecule has 1 amide bonds. The highest BCUT2D eigenvalue weighted by Crippen LogP contribution is 2.35. The van der Waals surface area contributed by atoms with Gasteiger partial charge in [0.05, 0.1) is 6.04 Å². The lowest BCUT2D eigenvalue weighted by molar-refractivity contribution is 0.0935. The van der Waals surface area contributed by atoms with Crippen molar-refractivity contribution in [3.63, 3.8) is 0 Å². The van der Waals surface area contributed by atoms with Gasteiger partial charge in [-0.3, -0.25) is 9.69 Å². The maximum absolute atomic E-state index is 14.3. The average molecular weight is 508 g/mol. The van der Waals surface area contributed by atoms with Gasteiger partial charge in [-0.15, -0.1) is 0 Å². The Morgan fingerprint density at radius 1 is 0.921 bits per heavy atom. The first kappa shape index (κ1) is 25.9. The number of amides is 1. The molecule has 0 radical (unpaired) electrons. The van der Waals surface area contributed by atoms with E-state index in [0.29, 0.717) is 17.3 Å².